The van der Waals surface area contributed by atoms with E-state index >= 15 is 0 Å². The maximum atomic E-state index is 12.7. The van der Waals surface area contributed by atoms with E-state index in [9.17, 15) is 24.3 Å². The van der Waals surface area contributed by atoms with E-state index in [-0.39, 0.29) is 42.2 Å². The van der Waals surface area contributed by atoms with Gasteiger partial charge >= 0.3 is 5.97 Å². The summed E-state index contributed by atoms with van der Waals surface area (Å²) in [5.41, 5.74) is 0.493. The first-order valence-corrected chi connectivity index (χ1v) is 7.02. The first-order chi connectivity index (χ1) is 10.9. The summed E-state index contributed by atoms with van der Waals surface area (Å²) in [6, 6.07) is 2.01. The number of carboxylic acids is 1. The van der Waals surface area contributed by atoms with Crippen molar-refractivity contribution >= 4 is 23.7 Å². The van der Waals surface area contributed by atoms with Crippen LogP contribution in [0.2, 0.25) is 0 Å². The highest BCUT2D eigenvalue weighted by Crippen LogP contribution is 2.35. The molecule has 0 bridgehead atoms. The third kappa shape index (κ3) is 2.32. The fourth-order valence-corrected chi connectivity index (χ4v) is 3.01. The molecule has 2 heterocycles. The molecule has 1 atom stereocenters. The lowest BCUT2D eigenvalue weighted by Gasteiger charge is -2.29. The molecule has 0 saturated carbocycles. The lowest BCUT2D eigenvalue weighted by atomic mass is 10.0. The molecule has 0 aromatic heterocycles. The summed E-state index contributed by atoms with van der Waals surface area (Å²) in [6.07, 6.45) is 0.356. The van der Waals surface area contributed by atoms with Gasteiger partial charge in [-0.1, -0.05) is 0 Å². The molecular weight excluding hydrogens is 304 g/mol. The highest BCUT2D eigenvalue weighted by atomic mass is 16.5. The van der Waals surface area contributed by atoms with E-state index in [2.05, 4.69) is 5.32 Å². The Bertz CT molecular complexity index is 742. The van der Waals surface area contributed by atoms with Crippen LogP contribution in [0.5, 0.6) is 5.75 Å². The monoisotopic (exact) mass is 318 g/mol. The Morgan fingerprint density at radius 3 is 2.70 bits per heavy atom. The first-order valence-electron chi connectivity index (χ1n) is 7.02. The van der Waals surface area contributed by atoms with Crippen LogP contribution in [0, 0.1) is 0 Å². The van der Waals surface area contributed by atoms with Crippen LogP contribution in [-0.2, 0) is 16.1 Å². The summed E-state index contributed by atoms with van der Waals surface area (Å²) in [5, 5.41) is 11.5. The number of methoxy groups -OCH3 is 1. The minimum atomic E-state index is -1.15. The normalized spacial score (nSPS) is 20.3. The Morgan fingerprint density at radius 2 is 2.09 bits per heavy atom. The van der Waals surface area contributed by atoms with Gasteiger partial charge < -0.3 is 14.7 Å². The number of ether oxygens (including phenoxy) is 1. The van der Waals surface area contributed by atoms with Gasteiger partial charge in [0.1, 0.15) is 11.8 Å². The maximum absolute atomic E-state index is 12.7. The van der Waals surface area contributed by atoms with Crippen molar-refractivity contribution in [2.75, 3.05) is 7.11 Å². The number of nitrogens with zero attached hydrogens (tertiary/aromatic N) is 1. The fraction of sp³-hybridized carbons (Fsp3) is 0.333. The second kappa shape index (κ2) is 5.38. The lowest BCUT2D eigenvalue weighted by Crippen LogP contribution is -2.52. The second-order valence-corrected chi connectivity index (χ2v) is 5.37. The molecule has 8 nitrogen and oxygen atoms in total. The third-order valence-electron chi connectivity index (χ3n) is 4.11. The smallest absolute Gasteiger partial charge is 0.336 e. The molecule has 0 aliphatic carbocycles. The van der Waals surface area contributed by atoms with E-state index in [1.807, 2.05) is 0 Å². The van der Waals surface area contributed by atoms with Gasteiger partial charge in [-0.3, -0.25) is 19.7 Å². The predicted octanol–water partition coefficient (Wildman–Crippen LogP) is 0.154. The van der Waals surface area contributed by atoms with Crippen molar-refractivity contribution in [2.45, 2.75) is 25.4 Å². The van der Waals surface area contributed by atoms with Gasteiger partial charge in [0.05, 0.1) is 18.2 Å². The standard InChI is InChI=1S/C15H14N2O6/c1-23-10-4-2-7(15(21)22)8-6-17(14(20)12(8)10)9-3-5-11(18)16-13(9)19/h2,4,9H,3,5-6H2,1H3,(H,21,22)(H,16,18,19). The molecule has 2 N–H and O–H groups in total. The van der Waals surface area contributed by atoms with Crippen LogP contribution in [0.4, 0.5) is 0 Å². The summed E-state index contributed by atoms with van der Waals surface area (Å²) in [5.74, 6) is -2.27. The van der Waals surface area contributed by atoms with Gasteiger partial charge in [0.15, 0.2) is 0 Å². The van der Waals surface area contributed by atoms with Crippen LogP contribution >= 0.6 is 0 Å². The average molecular weight is 318 g/mol. The molecule has 1 fully saturated rings. The van der Waals surface area contributed by atoms with Gasteiger partial charge in [0.25, 0.3) is 5.91 Å². The van der Waals surface area contributed by atoms with Gasteiger partial charge in [0, 0.05) is 18.5 Å². The molecule has 1 aromatic carbocycles. The lowest BCUT2D eigenvalue weighted by molar-refractivity contribution is -0.136. The molecular formula is C15H14N2O6. The molecule has 0 radical (unpaired) electrons. The van der Waals surface area contributed by atoms with Gasteiger partial charge in [-0.25, -0.2) is 4.79 Å². The van der Waals surface area contributed by atoms with E-state index in [0.717, 1.165) is 0 Å². The van der Waals surface area contributed by atoms with Crippen molar-refractivity contribution in [3.63, 3.8) is 0 Å². The number of hydrogen-bond acceptors (Lipinski definition) is 5. The number of aromatic carboxylic acids is 1. The van der Waals surface area contributed by atoms with Gasteiger partial charge in [-0.2, -0.15) is 0 Å². The van der Waals surface area contributed by atoms with Crippen LogP contribution in [0.25, 0.3) is 0 Å². The zero-order chi connectivity index (χ0) is 16.7. The summed E-state index contributed by atoms with van der Waals surface area (Å²) < 4.78 is 5.15. The van der Waals surface area contributed by atoms with E-state index in [0.29, 0.717) is 5.56 Å². The van der Waals surface area contributed by atoms with Gasteiger partial charge in [0.2, 0.25) is 11.8 Å². The zero-order valence-corrected chi connectivity index (χ0v) is 12.3. The van der Waals surface area contributed by atoms with Crippen molar-refractivity contribution in [3.8, 4) is 5.75 Å². The minimum Gasteiger partial charge on any atom is -0.496 e. The van der Waals surface area contributed by atoms with Crippen molar-refractivity contribution in [1.29, 1.82) is 0 Å². The van der Waals surface area contributed by atoms with Gasteiger partial charge in [-0.15, -0.1) is 0 Å². The van der Waals surface area contributed by atoms with E-state index < -0.39 is 23.8 Å². The Kier molecular flexibility index (Phi) is 3.51. The van der Waals surface area contributed by atoms with Crippen molar-refractivity contribution in [1.82, 2.24) is 10.2 Å². The van der Waals surface area contributed by atoms with Crippen molar-refractivity contribution in [2.24, 2.45) is 0 Å². The molecule has 8 heteroatoms. The Hall–Kier alpha value is -2.90. The average Bonchev–Trinajstić information content (AvgIpc) is 2.84. The molecule has 3 amide bonds. The zero-order valence-electron chi connectivity index (χ0n) is 12.3. The molecule has 120 valence electrons. The summed E-state index contributed by atoms with van der Waals surface area (Å²) in [6.45, 7) is -0.000717. The number of benzene rings is 1. The molecule has 1 saturated heterocycles. The number of fused-ring (bicyclic) bond motifs is 1. The first kappa shape index (κ1) is 15.0. The predicted molar refractivity (Wildman–Crippen MR) is 76.0 cm³/mol. The van der Waals surface area contributed by atoms with Crippen LogP contribution in [0.3, 0.4) is 0 Å². The highest BCUT2D eigenvalue weighted by Gasteiger charge is 2.42. The second-order valence-electron chi connectivity index (χ2n) is 5.37. The Labute approximate surface area is 131 Å². The fourth-order valence-electron chi connectivity index (χ4n) is 3.01. The van der Waals surface area contributed by atoms with Gasteiger partial charge in [-0.05, 0) is 18.6 Å². The molecule has 0 spiro atoms. The largest absolute Gasteiger partial charge is 0.496 e. The number of imide groups is 1. The minimum absolute atomic E-state index is 0.000717. The number of carbonyl (C=O) groups is 4. The topological polar surface area (TPSA) is 113 Å². The molecule has 1 unspecified atom stereocenters. The Morgan fingerprint density at radius 1 is 1.35 bits per heavy atom. The summed E-state index contributed by atoms with van der Waals surface area (Å²) in [7, 11) is 1.39. The van der Waals surface area contributed by atoms with E-state index in [1.165, 1.54) is 24.1 Å². The van der Waals surface area contributed by atoms with Crippen LogP contribution < -0.4 is 10.1 Å². The highest BCUT2D eigenvalue weighted by molar-refractivity contribution is 6.08. The number of carbonyl (C=O) groups excluding carboxylic acids is 3. The number of rotatable bonds is 3. The molecule has 23 heavy (non-hydrogen) atoms. The number of carboxylic acid groups (broad SMARTS) is 1. The van der Waals surface area contributed by atoms with Crippen molar-refractivity contribution in [3.05, 3.63) is 28.8 Å². The van der Waals surface area contributed by atoms with E-state index in [1.54, 1.807) is 0 Å². The summed E-state index contributed by atoms with van der Waals surface area (Å²) >= 11 is 0. The summed E-state index contributed by atoms with van der Waals surface area (Å²) in [4.78, 5) is 48.6. The van der Waals surface area contributed by atoms with Crippen LogP contribution in [0.1, 0.15) is 39.1 Å². The number of nitrogens with one attached hydrogen (secondary N) is 1. The molecule has 2 aliphatic rings. The molecule has 2 aliphatic heterocycles. The molecule has 3 rings (SSSR count). The quantitative estimate of drug-likeness (QED) is 0.767. The molecule has 1 aromatic rings. The number of piperidine rings is 1. The Balaban J connectivity index is 2.01. The maximum Gasteiger partial charge on any atom is 0.336 e. The number of hydrogen-bond donors (Lipinski definition) is 2. The third-order valence-corrected chi connectivity index (χ3v) is 4.11. The van der Waals surface area contributed by atoms with Crippen LogP contribution in [0.15, 0.2) is 12.1 Å². The van der Waals surface area contributed by atoms with E-state index in [4.69, 9.17) is 4.74 Å². The van der Waals surface area contributed by atoms with Crippen molar-refractivity contribution < 1.29 is 29.0 Å². The number of amides is 3. The van der Waals surface area contributed by atoms with Crippen LogP contribution in [-0.4, -0.2) is 46.8 Å². The SMILES string of the molecule is COc1ccc(C(=O)O)c2c1C(=O)N(C1CCC(=O)NC1=O)C2.